The van der Waals surface area contributed by atoms with Gasteiger partial charge in [-0.1, -0.05) is 61.0 Å². The van der Waals surface area contributed by atoms with Crippen LogP contribution >= 0.6 is 0 Å². The minimum atomic E-state index is 0.322. The van der Waals surface area contributed by atoms with Gasteiger partial charge in [-0.2, -0.15) is 7.05 Å². The monoisotopic (exact) mass is 276 g/mol. The standard InChI is InChI=1S/C19H18NO/c1-20-13-5-9-16-15-7-3-2-6-14(15)11-12-18-17(16)8-4-10-19(18)21/h2-4,6-12,21H,5,13H2,1H3/q-1/b16-9+. The van der Waals surface area contributed by atoms with Gasteiger partial charge in [0.15, 0.2) is 0 Å². The van der Waals surface area contributed by atoms with Crippen LogP contribution in [-0.4, -0.2) is 18.7 Å². The smallest absolute Gasteiger partial charge is 0.123 e. The van der Waals surface area contributed by atoms with E-state index in [0.29, 0.717) is 5.75 Å². The Morgan fingerprint density at radius 1 is 1.00 bits per heavy atom. The first kappa shape index (κ1) is 13.7. The second-order valence-corrected chi connectivity index (χ2v) is 5.11. The lowest BCUT2D eigenvalue weighted by Crippen LogP contribution is -1.93. The Hall–Kier alpha value is -2.32. The van der Waals surface area contributed by atoms with Gasteiger partial charge in [0.05, 0.1) is 0 Å². The van der Waals surface area contributed by atoms with Crippen molar-refractivity contribution in [1.82, 2.24) is 0 Å². The van der Waals surface area contributed by atoms with Crippen LogP contribution in [0.3, 0.4) is 0 Å². The summed E-state index contributed by atoms with van der Waals surface area (Å²) >= 11 is 0. The number of fused-ring (bicyclic) bond motifs is 2. The zero-order valence-corrected chi connectivity index (χ0v) is 12.1. The van der Waals surface area contributed by atoms with Crippen LogP contribution in [0.15, 0.2) is 48.5 Å². The topological polar surface area (TPSA) is 34.3 Å². The van der Waals surface area contributed by atoms with Gasteiger partial charge in [-0.05, 0) is 28.3 Å². The number of benzene rings is 2. The fourth-order valence-electron chi connectivity index (χ4n) is 2.73. The molecule has 1 N–H and O–H groups in total. The van der Waals surface area contributed by atoms with E-state index >= 15 is 0 Å². The van der Waals surface area contributed by atoms with Crippen molar-refractivity contribution < 1.29 is 5.11 Å². The zero-order chi connectivity index (χ0) is 14.7. The maximum Gasteiger partial charge on any atom is 0.123 e. The number of hydrogen-bond donors (Lipinski definition) is 1. The third-order valence-electron chi connectivity index (χ3n) is 3.75. The summed E-state index contributed by atoms with van der Waals surface area (Å²) in [5.41, 5.74) is 5.51. The van der Waals surface area contributed by atoms with Crippen molar-refractivity contribution >= 4 is 17.7 Å². The Balaban J connectivity index is 2.20. The van der Waals surface area contributed by atoms with Gasteiger partial charge in [0.1, 0.15) is 5.75 Å². The molecule has 0 fully saturated rings. The predicted molar refractivity (Wildman–Crippen MR) is 89.3 cm³/mol. The van der Waals surface area contributed by atoms with Gasteiger partial charge in [-0.3, -0.25) is 0 Å². The van der Waals surface area contributed by atoms with Crippen LogP contribution in [0, 0.1) is 0 Å². The molecule has 0 aromatic heterocycles. The molecular weight excluding hydrogens is 258 g/mol. The Labute approximate surface area is 125 Å². The lowest BCUT2D eigenvalue weighted by Gasteiger charge is -2.14. The van der Waals surface area contributed by atoms with E-state index in [4.69, 9.17) is 0 Å². The number of aromatic hydroxyl groups is 1. The van der Waals surface area contributed by atoms with E-state index in [1.807, 2.05) is 25.3 Å². The summed E-state index contributed by atoms with van der Waals surface area (Å²) in [6, 6.07) is 14.0. The van der Waals surface area contributed by atoms with E-state index in [2.05, 4.69) is 41.7 Å². The third kappa shape index (κ3) is 2.63. The number of rotatable bonds is 3. The molecule has 3 rings (SSSR count). The summed E-state index contributed by atoms with van der Waals surface area (Å²) in [7, 11) is 1.83. The molecule has 2 nitrogen and oxygen atoms in total. The van der Waals surface area contributed by atoms with Crippen LogP contribution in [-0.2, 0) is 0 Å². The highest BCUT2D eigenvalue weighted by molar-refractivity contribution is 5.94. The summed E-state index contributed by atoms with van der Waals surface area (Å²) in [5, 5.41) is 14.3. The molecule has 0 radical (unpaired) electrons. The number of phenols is 1. The second kappa shape index (κ2) is 5.98. The van der Waals surface area contributed by atoms with Crippen molar-refractivity contribution in [3.05, 3.63) is 76.1 Å². The van der Waals surface area contributed by atoms with Crippen LogP contribution in [0.5, 0.6) is 5.75 Å². The van der Waals surface area contributed by atoms with Gasteiger partial charge < -0.3 is 10.4 Å². The molecule has 0 spiro atoms. The van der Waals surface area contributed by atoms with Crippen molar-refractivity contribution in [2.75, 3.05) is 13.6 Å². The van der Waals surface area contributed by atoms with E-state index in [9.17, 15) is 5.11 Å². The lowest BCUT2D eigenvalue weighted by atomic mass is 9.92. The van der Waals surface area contributed by atoms with Crippen molar-refractivity contribution in [1.29, 1.82) is 0 Å². The quantitative estimate of drug-likeness (QED) is 0.691. The molecule has 0 amide bonds. The summed E-state index contributed by atoms with van der Waals surface area (Å²) in [6.45, 7) is 0.813. The van der Waals surface area contributed by atoms with E-state index in [0.717, 1.165) is 24.1 Å². The van der Waals surface area contributed by atoms with E-state index in [1.165, 1.54) is 16.7 Å². The number of nitrogens with zero attached hydrogens (tertiary/aromatic N) is 1. The van der Waals surface area contributed by atoms with Crippen molar-refractivity contribution in [3.8, 4) is 5.75 Å². The number of hydrogen-bond acceptors (Lipinski definition) is 1. The molecular formula is C19H18NO-. The van der Waals surface area contributed by atoms with Crippen LogP contribution in [0.2, 0.25) is 0 Å². The van der Waals surface area contributed by atoms with Crippen LogP contribution < -0.4 is 0 Å². The molecule has 0 aliphatic heterocycles. The summed E-state index contributed by atoms with van der Waals surface area (Å²) in [6.07, 6.45) is 7.18. The first-order chi connectivity index (χ1) is 10.3. The first-order valence-electron chi connectivity index (χ1n) is 7.17. The molecule has 0 heterocycles. The molecule has 2 aromatic carbocycles. The normalized spacial score (nSPS) is 14.6. The first-order valence-corrected chi connectivity index (χ1v) is 7.17. The maximum absolute atomic E-state index is 10.2. The molecule has 2 heteroatoms. The van der Waals surface area contributed by atoms with Gasteiger partial charge >= 0.3 is 0 Å². The lowest BCUT2D eigenvalue weighted by molar-refractivity contribution is 0.474. The summed E-state index contributed by atoms with van der Waals surface area (Å²) in [4.78, 5) is 0. The Kier molecular flexibility index (Phi) is 3.89. The highest BCUT2D eigenvalue weighted by Gasteiger charge is 2.16. The van der Waals surface area contributed by atoms with Crippen molar-refractivity contribution in [2.45, 2.75) is 6.42 Å². The van der Waals surface area contributed by atoms with E-state index < -0.39 is 0 Å². The summed E-state index contributed by atoms with van der Waals surface area (Å²) in [5.74, 6) is 0.322. The Morgan fingerprint density at radius 3 is 2.67 bits per heavy atom. The predicted octanol–water partition coefficient (Wildman–Crippen LogP) is 4.70. The molecule has 1 aliphatic carbocycles. The molecule has 2 aromatic rings. The van der Waals surface area contributed by atoms with Gasteiger partial charge in [0.25, 0.3) is 0 Å². The van der Waals surface area contributed by atoms with Crippen molar-refractivity contribution in [3.63, 3.8) is 0 Å². The van der Waals surface area contributed by atoms with E-state index in [1.54, 1.807) is 6.07 Å². The summed E-state index contributed by atoms with van der Waals surface area (Å²) < 4.78 is 0. The Morgan fingerprint density at radius 2 is 1.81 bits per heavy atom. The molecule has 106 valence electrons. The van der Waals surface area contributed by atoms with Gasteiger partial charge in [-0.15, -0.1) is 6.54 Å². The van der Waals surface area contributed by atoms with Crippen LogP contribution in [0.4, 0.5) is 0 Å². The van der Waals surface area contributed by atoms with Gasteiger partial charge in [0, 0.05) is 5.56 Å². The average Bonchev–Trinajstić information content (AvgIpc) is 2.66. The van der Waals surface area contributed by atoms with Gasteiger partial charge in [0.2, 0.25) is 0 Å². The third-order valence-corrected chi connectivity index (χ3v) is 3.75. The fourth-order valence-corrected chi connectivity index (χ4v) is 2.73. The minimum Gasteiger partial charge on any atom is -0.665 e. The van der Waals surface area contributed by atoms with Crippen LogP contribution in [0.25, 0.3) is 23.0 Å². The Bertz CT molecular complexity index is 713. The number of phenolic OH excluding ortho intramolecular Hbond substituents is 1. The van der Waals surface area contributed by atoms with E-state index in [-0.39, 0.29) is 0 Å². The highest BCUT2D eigenvalue weighted by atomic mass is 16.3. The molecule has 0 unspecified atom stereocenters. The van der Waals surface area contributed by atoms with Crippen molar-refractivity contribution in [2.24, 2.45) is 0 Å². The minimum absolute atomic E-state index is 0.322. The van der Waals surface area contributed by atoms with Gasteiger partial charge in [-0.25, -0.2) is 0 Å². The second-order valence-electron chi connectivity index (χ2n) is 5.11. The van der Waals surface area contributed by atoms with Crippen LogP contribution in [0.1, 0.15) is 28.7 Å². The largest absolute Gasteiger partial charge is 0.665 e. The SMILES string of the molecule is C[N-]CC/C=C1\c2ccccc2C=Cc2c(O)cccc21. The highest BCUT2D eigenvalue weighted by Crippen LogP contribution is 2.37. The molecule has 1 aliphatic rings. The molecule has 0 atom stereocenters. The zero-order valence-electron chi connectivity index (χ0n) is 12.1. The molecule has 21 heavy (non-hydrogen) atoms. The molecule has 0 bridgehead atoms. The molecule has 0 saturated carbocycles. The fraction of sp³-hybridized carbons (Fsp3) is 0.158. The molecule has 0 saturated heterocycles. The average molecular weight is 276 g/mol. The maximum atomic E-state index is 10.2.